The first-order valence-corrected chi connectivity index (χ1v) is 7.24. The quantitative estimate of drug-likeness (QED) is 0.669. The van der Waals surface area contributed by atoms with Gasteiger partial charge >= 0.3 is 0 Å². The minimum absolute atomic E-state index is 0.213. The summed E-state index contributed by atoms with van der Waals surface area (Å²) < 4.78 is 16.3. The Morgan fingerprint density at radius 3 is 2.70 bits per heavy atom. The number of nitrogens with one attached hydrogen (secondary N) is 1. The lowest BCUT2D eigenvalue weighted by atomic mass is 10.1. The number of hydrogen-bond acceptors (Lipinski definition) is 4. The lowest BCUT2D eigenvalue weighted by molar-refractivity contribution is 0.197. The van der Waals surface area contributed by atoms with Crippen LogP contribution in [-0.2, 0) is 11.3 Å². The van der Waals surface area contributed by atoms with Gasteiger partial charge in [-0.3, -0.25) is 0 Å². The molecule has 4 nitrogen and oxygen atoms in total. The normalized spacial score (nSPS) is 12.2. The highest BCUT2D eigenvalue weighted by Gasteiger charge is 2.09. The van der Waals surface area contributed by atoms with Crippen LogP contribution in [0.2, 0.25) is 0 Å². The van der Waals surface area contributed by atoms with Crippen LogP contribution in [0.15, 0.2) is 18.2 Å². The smallest absolute Gasteiger partial charge is 0.127 e. The Labute approximate surface area is 122 Å². The topological polar surface area (TPSA) is 39.7 Å². The Balaban J connectivity index is 2.70. The molecule has 0 aromatic heterocycles. The maximum absolute atomic E-state index is 6.03. The highest BCUT2D eigenvalue weighted by atomic mass is 16.5. The van der Waals surface area contributed by atoms with E-state index >= 15 is 0 Å². The zero-order valence-electron chi connectivity index (χ0n) is 13.1. The van der Waals surface area contributed by atoms with Gasteiger partial charge in [0.05, 0.1) is 19.8 Å². The predicted octanol–water partition coefficient (Wildman–Crippen LogP) is 3.00. The number of benzene rings is 1. The van der Waals surface area contributed by atoms with E-state index in [1.54, 1.807) is 14.2 Å². The van der Waals surface area contributed by atoms with Gasteiger partial charge in [0.25, 0.3) is 0 Å². The van der Waals surface area contributed by atoms with Gasteiger partial charge in [-0.2, -0.15) is 0 Å². The average molecular weight is 281 g/mol. The molecule has 0 bridgehead atoms. The number of hydrogen-bond donors (Lipinski definition) is 1. The lowest BCUT2D eigenvalue weighted by Crippen LogP contribution is -2.20. The average Bonchev–Trinajstić information content (AvgIpc) is 2.45. The summed E-state index contributed by atoms with van der Waals surface area (Å²) >= 11 is 0. The van der Waals surface area contributed by atoms with E-state index in [4.69, 9.17) is 14.2 Å². The molecule has 1 aromatic rings. The van der Waals surface area contributed by atoms with E-state index in [0.29, 0.717) is 6.61 Å². The molecule has 0 heterocycles. The first-order valence-electron chi connectivity index (χ1n) is 7.24. The molecule has 114 valence electrons. The summed E-state index contributed by atoms with van der Waals surface area (Å²) in [5.74, 6) is 1.72. The Morgan fingerprint density at radius 1 is 1.25 bits per heavy atom. The molecule has 0 aliphatic rings. The van der Waals surface area contributed by atoms with Gasteiger partial charge < -0.3 is 19.5 Å². The second-order valence-corrected chi connectivity index (χ2v) is 4.86. The molecule has 20 heavy (non-hydrogen) atoms. The fourth-order valence-corrected chi connectivity index (χ4v) is 2.00. The van der Waals surface area contributed by atoms with E-state index in [2.05, 4.69) is 19.2 Å². The van der Waals surface area contributed by atoms with Crippen LogP contribution < -0.4 is 14.8 Å². The van der Waals surface area contributed by atoms with Crippen molar-refractivity contribution in [2.24, 2.45) is 0 Å². The molecular weight excluding hydrogens is 254 g/mol. The highest BCUT2D eigenvalue weighted by molar-refractivity contribution is 5.40. The maximum atomic E-state index is 6.03. The van der Waals surface area contributed by atoms with Crippen molar-refractivity contribution >= 4 is 0 Å². The Kier molecular flexibility index (Phi) is 8.07. The van der Waals surface area contributed by atoms with Gasteiger partial charge in [0, 0.05) is 31.8 Å². The molecule has 1 rings (SSSR count). The number of rotatable bonds is 10. The Bertz CT molecular complexity index is 382. The third-order valence-corrected chi connectivity index (χ3v) is 3.10. The summed E-state index contributed by atoms with van der Waals surface area (Å²) in [6.45, 7) is 6.57. The van der Waals surface area contributed by atoms with Gasteiger partial charge in [0.1, 0.15) is 11.5 Å². The van der Waals surface area contributed by atoms with Crippen molar-refractivity contribution in [3.63, 3.8) is 0 Å². The summed E-state index contributed by atoms with van der Waals surface area (Å²) in [6.07, 6.45) is 2.38. The second kappa shape index (κ2) is 9.61. The van der Waals surface area contributed by atoms with E-state index in [1.165, 1.54) is 0 Å². The molecule has 1 atom stereocenters. The molecule has 0 amide bonds. The largest absolute Gasteiger partial charge is 0.497 e. The standard InChI is InChI=1S/C16H27NO3/c1-5-6-13(2)20-16-11-15(19-4)8-7-14(16)12-17-9-10-18-3/h7-8,11,13,17H,5-6,9-10,12H2,1-4H3. The molecule has 0 radical (unpaired) electrons. The molecule has 0 saturated heterocycles. The summed E-state index contributed by atoms with van der Waals surface area (Å²) in [4.78, 5) is 0. The van der Waals surface area contributed by atoms with E-state index in [-0.39, 0.29) is 6.10 Å². The zero-order chi connectivity index (χ0) is 14.8. The first kappa shape index (κ1) is 16.8. The summed E-state index contributed by atoms with van der Waals surface area (Å²) in [6, 6.07) is 5.97. The fraction of sp³-hybridized carbons (Fsp3) is 0.625. The summed E-state index contributed by atoms with van der Waals surface area (Å²) in [5.41, 5.74) is 1.14. The fourth-order valence-electron chi connectivity index (χ4n) is 2.00. The van der Waals surface area contributed by atoms with Crippen LogP contribution in [0, 0.1) is 0 Å². The highest BCUT2D eigenvalue weighted by Crippen LogP contribution is 2.26. The van der Waals surface area contributed by atoms with Gasteiger partial charge in [-0.1, -0.05) is 19.4 Å². The van der Waals surface area contributed by atoms with E-state index in [1.807, 2.05) is 18.2 Å². The zero-order valence-corrected chi connectivity index (χ0v) is 13.1. The van der Waals surface area contributed by atoms with Crippen LogP contribution in [0.4, 0.5) is 0 Å². The van der Waals surface area contributed by atoms with Crippen molar-refractivity contribution in [1.29, 1.82) is 0 Å². The molecule has 1 unspecified atom stereocenters. The van der Waals surface area contributed by atoms with Gasteiger partial charge in [-0.15, -0.1) is 0 Å². The third kappa shape index (κ3) is 5.80. The molecule has 0 aliphatic carbocycles. The van der Waals surface area contributed by atoms with Crippen molar-refractivity contribution in [2.75, 3.05) is 27.4 Å². The van der Waals surface area contributed by atoms with Crippen LogP contribution in [0.1, 0.15) is 32.3 Å². The molecule has 0 aliphatic heterocycles. The van der Waals surface area contributed by atoms with Gasteiger partial charge in [0.2, 0.25) is 0 Å². The van der Waals surface area contributed by atoms with Gasteiger partial charge in [-0.25, -0.2) is 0 Å². The van der Waals surface area contributed by atoms with E-state index < -0.39 is 0 Å². The van der Waals surface area contributed by atoms with Crippen molar-refractivity contribution < 1.29 is 14.2 Å². The molecule has 1 N–H and O–H groups in total. The van der Waals surface area contributed by atoms with Crippen molar-refractivity contribution in [2.45, 2.75) is 39.3 Å². The maximum Gasteiger partial charge on any atom is 0.127 e. The third-order valence-electron chi connectivity index (χ3n) is 3.10. The van der Waals surface area contributed by atoms with Crippen LogP contribution in [0.5, 0.6) is 11.5 Å². The molecule has 1 aromatic carbocycles. The van der Waals surface area contributed by atoms with Crippen molar-refractivity contribution in [3.05, 3.63) is 23.8 Å². The molecule has 0 saturated carbocycles. The number of methoxy groups -OCH3 is 2. The number of ether oxygens (including phenoxy) is 3. The summed E-state index contributed by atoms with van der Waals surface area (Å²) in [5, 5.41) is 3.34. The van der Waals surface area contributed by atoms with Gasteiger partial charge in [0.15, 0.2) is 0 Å². The van der Waals surface area contributed by atoms with Crippen LogP contribution >= 0.6 is 0 Å². The minimum atomic E-state index is 0.213. The van der Waals surface area contributed by atoms with Crippen LogP contribution in [-0.4, -0.2) is 33.5 Å². The Morgan fingerprint density at radius 2 is 2.05 bits per heavy atom. The lowest BCUT2D eigenvalue weighted by Gasteiger charge is -2.18. The Hall–Kier alpha value is -1.26. The van der Waals surface area contributed by atoms with Crippen LogP contribution in [0.3, 0.4) is 0 Å². The van der Waals surface area contributed by atoms with Crippen molar-refractivity contribution in [1.82, 2.24) is 5.32 Å². The molecule has 4 heteroatoms. The molecule has 0 spiro atoms. The monoisotopic (exact) mass is 281 g/mol. The van der Waals surface area contributed by atoms with E-state index in [9.17, 15) is 0 Å². The molecule has 0 fully saturated rings. The van der Waals surface area contributed by atoms with Gasteiger partial charge in [-0.05, 0) is 19.4 Å². The van der Waals surface area contributed by atoms with E-state index in [0.717, 1.165) is 43.0 Å². The predicted molar refractivity (Wildman–Crippen MR) is 81.6 cm³/mol. The van der Waals surface area contributed by atoms with Crippen LogP contribution in [0.25, 0.3) is 0 Å². The molecular formula is C16H27NO3. The summed E-state index contributed by atoms with van der Waals surface area (Å²) in [7, 11) is 3.38. The first-order chi connectivity index (χ1) is 9.71. The SMILES string of the molecule is CCCC(C)Oc1cc(OC)ccc1CNCCOC. The second-order valence-electron chi connectivity index (χ2n) is 4.86. The minimum Gasteiger partial charge on any atom is -0.497 e. The van der Waals surface area contributed by atoms with Crippen molar-refractivity contribution in [3.8, 4) is 11.5 Å².